The quantitative estimate of drug-likeness (QED) is 0.604. The monoisotopic (exact) mass is 464 g/mol. The lowest BCUT2D eigenvalue weighted by Gasteiger charge is -2.44. The third kappa shape index (κ3) is 3.93. The average molecular weight is 465 g/mol. The molecule has 1 unspecified atom stereocenters. The van der Waals surface area contributed by atoms with E-state index in [0.717, 1.165) is 36.3 Å². The zero-order valence-electron chi connectivity index (χ0n) is 18.9. The lowest BCUT2D eigenvalue weighted by Crippen LogP contribution is -2.65. The number of benzene rings is 1. The Morgan fingerprint density at radius 2 is 2.00 bits per heavy atom. The number of rotatable bonds is 5. The number of anilines is 1. The van der Waals surface area contributed by atoms with Crippen LogP contribution in [0.1, 0.15) is 49.5 Å². The summed E-state index contributed by atoms with van der Waals surface area (Å²) in [5.74, 6) is 0.240. The van der Waals surface area contributed by atoms with Gasteiger partial charge in [-0.2, -0.15) is 5.10 Å². The molecule has 1 saturated carbocycles. The summed E-state index contributed by atoms with van der Waals surface area (Å²) < 4.78 is 7.09. The van der Waals surface area contributed by atoms with Gasteiger partial charge in [0.15, 0.2) is 0 Å². The van der Waals surface area contributed by atoms with Gasteiger partial charge in [0, 0.05) is 17.8 Å². The molecule has 1 aliphatic carbocycles. The Morgan fingerprint density at radius 1 is 1.18 bits per heavy atom. The van der Waals surface area contributed by atoms with E-state index in [1.54, 1.807) is 34.1 Å². The molecule has 5 rings (SSSR count). The van der Waals surface area contributed by atoms with E-state index in [-0.39, 0.29) is 24.4 Å². The van der Waals surface area contributed by atoms with Gasteiger partial charge in [0.05, 0.1) is 18.5 Å². The molecule has 33 heavy (non-hydrogen) atoms. The van der Waals surface area contributed by atoms with Gasteiger partial charge in [-0.05, 0) is 49.4 Å². The van der Waals surface area contributed by atoms with Crippen molar-refractivity contribution in [2.24, 2.45) is 0 Å². The molecule has 8 heteroatoms. The lowest BCUT2D eigenvalue weighted by molar-refractivity contribution is -0.127. The SMILES string of the molecule is COc1cccc(N2C(=O)c3cc(-c4cccs4)nn3CC2(C)C(=O)NC2CCCCC2)c1. The Labute approximate surface area is 197 Å². The first kappa shape index (κ1) is 21.7. The van der Waals surface area contributed by atoms with Crippen LogP contribution in [0.2, 0.25) is 0 Å². The third-order valence-electron chi connectivity index (χ3n) is 6.67. The molecule has 7 nitrogen and oxygen atoms in total. The van der Waals surface area contributed by atoms with Gasteiger partial charge in [-0.25, -0.2) is 0 Å². The molecule has 3 aromatic rings. The first-order valence-electron chi connectivity index (χ1n) is 11.4. The number of carbonyl (C=O) groups is 2. The molecule has 2 amide bonds. The van der Waals surface area contributed by atoms with Gasteiger partial charge in [-0.15, -0.1) is 11.3 Å². The second-order valence-corrected chi connectivity index (χ2v) is 9.92. The number of hydrogen-bond donors (Lipinski definition) is 1. The van der Waals surface area contributed by atoms with Crippen LogP contribution in [0.15, 0.2) is 47.8 Å². The van der Waals surface area contributed by atoms with Crippen molar-refractivity contribution < 1.29 is 14.3 Å². The van der Waals surface area contributed by atoms with Gasteiger partial charge in [0.2, 0.25) is 5.91 Å². The second kappa shape index (κ2) is 8.67. The second-order valence-electron chi connectivity index (χ2n) is 8.97. The standard InChI is InChI=1S/C25H28N4O3S/c1-25(24(31)26-17-8-4-3-5-9-17)16-28-21(15-20(27-28)22-12-7-13-33-22)23(30)29(25)18-10-6-11-19(14-18)32-2/h6-7,10-15,17H,3-5,8-9,16H2,1-2H3,(H,26,31). The normalized spacial score (nSPS) is 21.0. The molecule has 2 aliphatic rings. The summed E-state index contributed by atoms with van der Waals surface area (Å²) in [4.78, 5) is 30.2. The van der Waals surface area contributed by atoms with Crippen molar-refractivity contribution in [3.63, 3.8) is 0 Å². The zero-order chi connectivity index (χ0) is 23.0. The van der Waals surface area contributed by atoms with Crippen LogP contribution in [-0.4, -0.2) is 40.3 Å². The van der Waals surface area contributed by atoms with E-state index < -0.39 is 5.54 Å². The highest BCUT2D eigenvalue weighted by Crippen LogP contribution is 2.36. The molecule has 1 N–H and O–H groups in total. The van der Waals surface area contributed by atoms with E-state index in [0.29, 0.717) is 17.1 Å². The summed E-state index contributed by atoms with van der Waals surface area (Å²) in [5, 5.41) is 9.93. The molecule has 0 bridgehead atoms. The first-order chi connectivity index (χ1) is 16.0. The van der Waals surface area contributed by atoms with Gasteiger partial charge in [0.25, 0.3) is 5.91 Å². The summed E-state index contributed by atoms with van der Waals surface area (Å²) in [7, 11) is 1.59. The van der Waals surface area contributed by atoms with Gasteiger partial charge in [-0.1, -0.05) is 31.4 Å². The van der Waals surface area contributed by atoms with Gasteiger partial charge in [-0.3, -0.25) is 19.2 Å². The van der Waals surface area contributed by atoms with Crippen LogP contribution in [0, 0.1) is 0 Å². The number of nitrogens with zero attached hydrogens (tertiary/aromatic N) is 3. The number of amides is 2. The number of thiophene rings is 1. The largest absolute Gasteiger partial charge is 0.497 e. The van der Waals surface area contributed by atoms with Gasteiger partial charge < -0.3 is 10.1 Å². The molecule has 3 heterocycles. The molecule has 1 aromatic carbocycles. The number of carbonyl (C=O) groups excluding carboxylic acids is 2. The number of aromatic nitrogens is 2. The number of nitrogens with one attached hydrogen (secondary N) is 1. The maximum atomic E-state index is 13.9. The van der Waals surface area contributed by atoms with Crippen molar-refractivity contribution in [2.45, 2.75) is 57.2 Å². The molecule has 2 aromatic heterocycles. The molecular weight excluding hydrogens is 436 g/mol. The van der Waals surface area contributed by atoms with Crippen LogP contribution in [0.4, 0.5) is 5.69 Å². The minimum absolute atomic E-state index is 0.144. The zero-order valence-corrected chi connectivity index (χ0v) is 19.7. The van der Waals surface area contributed by atoms with Crippen LogP contribution in [0.3, 0.4) is 0 Å². The predicted molar refractivity (Wildman–Crippen MR) is 129 cm³/mol. The molecule has 0 saturated heterocycles. The topological polar surface area (TPSA) is 76.5 Å². The van der Waals surface area contributed by atoms with Crippen LogP contribution < -0.4 is 15.0 Å². The molecule has 172 valence electrons. The number of ether oxygens (including phenoxy) is 1. The van der Waals surface area contributed by atoms with Gasteiger partial charge in [0.1, 0.15) is 22.7 Å². The lowest BCUT2D eigenvalue weighted by atomic mass is 9.91. The minimum Gasteiger partial charge on any atom is -0.497 e. The Kier molecular flexibility index (Phi) is 5.70. The fourth-order valence-corrected chi connectivity index (χ4v) is 5.55. The highest BCUT2D eigenvalue weighted by molar-refractivity contribution is 7.13. The summed E-state index contributed by atoms with van der Waals surface area (Å²) in [6.45, 7) is 2.10. The number of fused-ring (bicyclic) bond motifs is 1. The van der Waals surface area contributed by atoms with E-state index in [2.05, 4.69) is 5.32 Å². The van der Waals surface area contributed by atoms with E-state index >= 15 is 0 Å². The number of hydrogen-bond acceptors (Lipinski definition) is 5. The minimum atomic E-state index is -1.13. The van der Waals surface area contributed by atoms with E-state index in [1.165, 1.54) is 6.42 Å². The van der Waals surface area contributed by atoms with Crippen molar-refractivity contribution >= 4 is 28.8 Å². The van der Waals surface area contributed by atoms with Crippen molar-refractivity contribution in [3.05, 3.63) is 53.5 Å². The molecule has 1 fully saturated rings. The van der Waals surface area contributed by atoms with Crippen molar-refractivity contribution in [2.75, 3.05) is 12.0 Å². The van der Waals surface area contributed by atoms with Crippen molar-refractivity contribution in [1.82, 2.24) is 15.1 Å². The van der Waals surface area contributed by atoms with E-state index in [9.17, 15) is 9.59 Å². The molecule has 0 spiro atoms. The van der Waals surface area contributed by atoms with Crippen LogP contribution in [0.5, 0.6) is 5.75 Å². The Morgan fingerprint density at radius 3 is 2.73 bits per heavy atom. The molecule has 1 aliphatic heterocycles. The van der Waals surface area contributed by atoms with E-state index in [1.807, 2.05) is 48.7 Å². The van der Waals surface area contributed by atoms with Crippen molar-refractivity contribution in [1.29, 1.82) is 0 Å². The summed E-state index contributed by atoms with van der Waals surface area (Å²) in [5.41, 5.74) is 0.720. The fourth-order valence-electron chi connectivity index (χ4n) is 4.87. The highest BCUT2D eigenvalue weighted by Gasteiger charge is 2.49. The summed E-state index contributed by atoms with van der Waals surface area (Å²) >= 11 is 1.58. The first-order valence-corrected chi connectivity index (χ1v) is 12.3. The summed E-state index contributed by atoms with van der Waals surface area (Å²) in [6.07, 6.45) is 5.40. The van der Waals surface area contributed by atoms with Crippen LogP contribution in [0.25, 0.3) is 10.6 Å². The van der Waals surface area contributed by atoms with E-state index in [4.69, 9.17) is 9.84 Å². The predicted octanol–water partition coefficient (Wildman–Crippen LogP) is 4.49. The number of methoxy groups -OCH3 is 1. The smallest absolute Gasteiger partial charge is 0.277 e. The molecule has 0 radical (unpaired) electrons. The molecule has 1 atom stereocenters. The van der Waals surface area contributed by atoms with Crippen LogP contribution >= 0.6 is 11.3 Å². The third-order valence-corrected chi connectivity index (χ3v) is 7.56. The average Bonchev–Trinajstić information content (AvgIpc) is 3.50. The summed E-state index contributed by atoms with van der Waals surface area (Å²) in [6, 6.07) is 13.2. The van der Waals surface area contributed by atoms with Crippen molar-refractivity contribution in [3.8, 4) is 16.3 Å². The van der Waals surface area contributed by atoms with Gasteiger partial charge >= 0.3 is 0 Å². The maximum absolute atomic E-state index is 13.9. The molecular formula is C25H28N4O3S. The fraction of sp³-hybridized carbons (Fsp3) is 0.400. The maximum Gasteiger partial charge on any atom is 0.277 e. The Hall–Kier alpha value is -3.13. The Balaban J connectivity index is 1.57. The van der Waals surface area contributed by atoms with Crippen LogP contribution in [-0.2, 0) is 11.3 Å². The highest BCUT2D eigenvalue weighted by atomic mass is 32.1. The Bertz CT molecular complexity index is 1170.